The quantitative estimate of drug-likeness (QED) is 0.783. The molecule has 2 rings (SSSR count). The molecule has 23 heavy (non-hydrogen) atoms. The van der Waals surface area contributed by atoms with Gasteiger partial charge >= 0.3 is 0 Å². The highest BCUT2D eigenvalue weighted by Gasteiger charge is 2.19. The molecule has 1 aliphatic heterocycles. The lowest BCUT2D eigenvalue weighted by Crippen LogP contribution is -2.45. The average molecular weight is 320 g/mol. The van der Waals surface area contributed by atoms with Gasteiger partial charge < -0.3 is 26.0 Å². The zero-order valence-corrected chi connectivity index (χ0v) is 14.8. The summed E-state index contributed by atoms with van der Waals surface area (Å²) in [4.78, 5) is 4.60. The summed E-state index contributed by atoms with van der Waals surface area (Å²) in [5, 5.41) is 0. The molecule has 1 heterocycles. The molecule has 1 fully saturated rings. The molecule has 1 saturated heterocycles. The van der Waals surface area contributed by atoms with Crippen molar-refractivity contribution in [2.45, 2.75) is 39.2 Å². The molecule has 0 aromatic rings. The Bertz CT molecular complexity index is 473. The van der Waals surface area contributed by atoms with Gasteiger partial charge in [0.25, 0.3) is 0 Å². The summed E-state index contributed by atoms with van der Waals surface area (Å²) in [6.45, 7) is 8.29. The molecule has 2 aliphatic rings. The van der Waals surface area contributed by atoms with Crippen molar-refractivity contribution in [1.82, 2.24) is 9.80 Å². The SMILES string of the molecule is CC(C)OC1=CC=C(N)C(CC/C=C(\N)N2CCN(C)CC2)C1. The molecule has 130 valence electrons. The minimum absolute atomic E-state index is 0.211. The number of nitrogens with two attached hydrogens (primary N) is 2. The van der Waals surface area contributed by atoms with Crippen LogP contribution in [-0.2, 0) is 4.74 Å². The first-order chi connectivity index (χ1) is 11.0. The van der Waals surface area contributed by atoms with Gasteiger partial charge in [0.1, 0.15) is 0 Å². The largest absolute Gasteiger partial charge is 0.495 e. The molecule has 0 spiro atoms. The second kappa shape index (κ2) is 8.29. The Morgan fingerprint density at radius 3 is 2.65 bits per heavy atom. The van der Waals surface area contributed by atoms with Crippen molar-refractivity contribution in [2.24, 2.45) is 17.4 Å². The summed E-state index contributed by atoms with van der Waals surface area (Å²) in [5.74, 6) is 2.30. The molecular formula is C18H32N4O. The maximum atomic E-state index is 6.22. The van der Waals surface area contributed by atoms with Gasteiger partial charge in [-0.1, -0.05) is 0 Å². The van der Waals surface area contributed by atoms with E-state index in [2.05, 4.69) is 36.8 Å². The molecule has 4 N–H and O–H groups in total. The van der Waals surface area contributed by atoms with Crippen LogP contribution in [0.2, 0.25) is 0 Å². The molecule has 1 unspecified atom stereocenters. The van der Waals surface area contributed by atoms with Crippen LogP contribution in [-0.4, -0.2) is 49.1 Å². The molecular weight excluding hydrogens is 288 g/mol. The monoisotopic (exact) mass is 320 g/mol. The maximum Gasteiger partial charge on any atom is 0.0970 e. The molecule has 1 aliphatic carbocycles. The van der Waals surface area contributed by atoms with E-state index in [0.29, 0.717) is 5.92 Å². The van der Waals surface area contributed by atoms with E-state index in [0.717, 1.165) is 62.7 Å². The standard InChI is InChI=1S/C18H32N4O/c1-14(2)23-16-7-8-17(19)15(13-16)5-4-6-18(20)22-11-9-21(3)10-12-22/h6-8,14-15H,4-5,9-13,19-20H2,1-3H3/b18-6+. The van der Waals surface area contributed by atoms with Crippen molar-refractivity contribution in [3.63, 3.8) is 0 Å². The predicted molar refractivity (Wildman–Crippen MR) is 95.3 cm³/mol. The minimum Gasteiger partial charge on any atom is -0.495 e. The number of nitrogens with zero attached hydrogens (tertiary/aromatic N) is 2. The van der Waals surface area contributed by atoms with Crippen LogP contribution >= 0.6 is 0 Å². The number of allylic oxidation sites excluding steroid dienone is 5. The van der Waals surface area contributed by atoms with Gasteiger partial charge in [-0.3, -0.25) is 0 Å². The lowest BCUT2D eigenvalue weighted by atomic mass is 9.91. The van der Waals surface area contributed by atoms with Gasteiger partial charge in [0, 0.05) is 44.2 Å². The van der Waals surface area contributed by atoms with Crippen molar-refractivity contribution < 1.29 is 4.74 Å². The first-order valence-corrected chi connectivity index (χ1v) is 8.67. The fraction of sp³-hybridized carbons (Fsp3) is 0.667. The minimum atomic E-state index is 0.211. The Balaban J connectivity index is 1.80. The third kappa shape index (κ3) is 5.50. The number of rotatable bonds is 6. The summed E-state index contributed by atoms with van der Waals surface area (Å²) >= 11 is 0. The van der Waals surface area contributed by atoms with Crippen LogP contribution in [0.3, 0.4) is 0 Å². The van der Waals surface area contributed by atoms with Gasteiger partial charge in [-0.15, -0.1) is 0 Å². The highest BCUT2D eigenvalue weighted by Crippen LogP contribution is 2.28. The van der Waals surface area contributed by atoms with E-state index < -0.39 is 0 Å². The van der Waals surface area contributed by atoms with Gasteiger partial charge in [0.05, 0.1) is 17.7 Å². The van der Waals surface area contributed by atoms with Gasteiger partial charge in [-0.05, 0) is 52.0 Å². The summed E-state index contributed by atoms with van der Waals surface area (Å²) in [6, 6.07) is 0. The van der Waals surface area contributed by atoms with E-state index in [1.165, 1.54) is 0 Å². The Morgan fingerprint density at radius 2 is 2.00 bits per heavy atom. The van der Waals surface area contributed by atoms with E-state index in [9.17, 15) is 0 Å². The van der Waals surface area contributed by atoms with Crippen LogP contribution in [0, 0.1) is 5.92 Å². The van der Waals surface area contributed by atoms with Gasteiger partial charge in [-0.2, -0.15) is 0 Å². The first kappa shape index (κ1) is 17.7. The topological polar surface area (TPSA) is 67.7 Å². The highest BCUT2D eigenvalue weighted by molar-refractivity contribution is 5.22. The average Bonchev–Trinajstić information content (AvgIpc) is 2.50. The molecule has 5 heteroatoms. The summed E-state index contributed by atoms with van der Waals surface area (Å²) in [6.07, 6.45) is 9.20. The van der Waals surface area contributed by atoms with Crippen LogP contribution in [0.1, 0.15) is 33.1 Å². The zero-order chi connectivity index (χ0) is 16.8. The molecule has 5 nitrogen and oxygen atoms in total. The summed E-state index contributed by atoms with van der Waals surface area (Å²) in [7, 11) is 2.15. The van der Waals surface area contributed by atoms with E-state index in [-0.39, 0.29) is 6.10 Å². The zero-order valence-electron chi connectivity index (χ0n) is 14.8. The Kier molecular flexibility index (Phi) is 6.39. The fourth-order valence-electron chi connectivity index (χ4n) is 3.04. The molecule has 1 atom stereocenters. The Morgan fingerprint density at radius 1 is 1.30 bits per heavy atom. The summed E-state index contributed by atoms with van der Waals surface area (Å²) in [5.41, 5.74) is 13.3. The third-order valence-electron chi connectivity index (χ3n) is 4.50. The van der Waals surface area contributed by atoms with Crippen molar-refractivity contribution >= 4 is 0 Å². The van der Waals surface area contributed by atoms with Gasteiger partial charge in [0.15, 0.2) is 0 Å². The van der Waals surface area contributed by atoms with Crippen LogP contribution < -0.4 is 11.5 Å². The number of piperazine rings is 1. The van der Waals surface area contributed by atoms with Gasteiger partial charge in [-0.25, -0.2) is 0 Å². The number of likely N-dealkylation sites (N-methyl/N-ethyl adjacent to an activating group) is 1. The second-order valence-corrected chi connectivity index (χ2v) is 6.86. The van der Waals surface area contributed by atoms with Crippen LogP contribution in [0.4, 0.5) is 0 Å². The first-order valence-electron chi connectivity index (χ1n) is 8.67. The van der Waals surface area contributed by atoms with Crippen molar-refractivity contribution in [3.8, 4) is 0 Å². The summed E-state index contributed by atoms with van der Waals surface area (Å²) < 4.78 is 5.81. The number of ether oxygens (including phenoxy) is 1. The van der Waals surface area contributed by atoms with E-state index in [4.69, 9.17) is 16.2 Å². The van der Waals surface area contributed by atoms with Crippen LogP contribution in [0.15, 0.2) is 35.5 Å². The predicted octanol–water partition coefficient (Wildman–Crippen LogP) is 1.99. The molecule has 0 aromatic heterocycles. The van der Waals surface area contributed by atoms with Crippen LogP contribution in [0.5, 0.6) is 0 Å². The van der Waals surface area contributed by atoms with Crippen molar-refractivity contribution in [1.29, 1.82) is 0 Å². The number of hydrogen-bond donors (Lipinski definition) is 2. The lowest BCUT2D eigenvalue weighted by molar-refractivity contribution is 0.132. The molecule has 0 bridgehead atoms. The number of hydrogen-bond acceptors (Lipinski definition) is 5. The van der Waals surface area contributed by atoms with Crippen LogP contribution in [0.25, 0.3) is 0 Å². The normalized spacial score (nSPS) is 23.7. The fourth-order valence-corrected chi connectivity index (χ4v) is 3.04. The van der Waals surface area contributed by atoms with Crippen molar-refractivity contribution in [2.75, 3.05) is 33.2 Å². The lowest BCUT2D eigenvalue weighted by Gasteiger charge is -2.34. The van der Waals surface area contributed by atoms with E-state index in [1.807, 2.05) is 12.2 Å². The molecule has 0 aromatic carbocycles. The second-order valence-electron chi connectivity index (χ2n) is 6.86. The van der Waals surface area contributed by atoms with E-state index in [1.54, 1.807) is 0 Å². The maximum absolute atomic E-state index is 6.22. The highest BCUT2D eigenvalue weighted by atomic mass is 16.5. The Hall–Kier alpha value is -1.62. The van der Waals surface area contributed by atoms with E-state index >= 15 is 0 Å². The van der Waals surface area contributed by atoms with Gasteiger partial charge in [0.2, 0.25) is 0 Å². The molecule has 0 saturated carbocycles. The third-order valence-corrected chi connectivity index (χ3v) is 4.50. The smallest absolute Gasteiger partial charge is 0.0970 e. The molecule has 0 amide bonds. The Labute approximate surface area is 140 Å². The molecule has 0 radical (unpaired) electrons. The van der Waals surface area contributed by atoms with Crippen molar-refractivity contribution in [3.05, 3.63) is 35.5 Å².